The Morgan fingerprint density at radius 2 is 1.75 bits per heavy atom. The zero-order valence-corrected chi connectivity index (χ0v) is 9.77. The highest BCUT2D eigenvalue weighted by atomic mass is 16.7. The van der Waals surface area contributed by atoms with E-state index in [0.29, 0.717) is 0 Å². The maximum Gasteiger partial charge on any atom is 0.278 e. The van der Waals surface area contributed by atoms with Crippen LogP contribution in [0.4, 0.5) is 0 Å². The van der Waals surface area contributed by atoms with E-state index in [0.717, 1.165) is 5.56 Å². The molecule has 0 heterocycles. The van der Waals surface area contributed by atoms with E-state index in [2.05, 4.69) is 0 Å². The SMILES string of the molecule is COC(OC)(C(N)=O)C(C)c1ccccc1. The van der Waals surface area contributed by atoms with Gasteiger partial charge in [-0.1, -0.05) is 37.3 Å². The Hall–Kier alpha value is -1.39. The minimum atomic E-state index is -1.42. The van der Waals surface area contributed by atoms with Gasteiger partial charge in [0.05, 0.1) is 0 Å². The lowest BCUT2D eigenvalue weighted by Gasteiger charge is -2.33. The maximum atomic E-state index is 11.5. The van der Waals surface area contributed by atoms with E-state index in [4.69, 9.17) is 15.2 Å². The highest BCUT2D eigenvalue weighted by molar-refractivity contribution is 5.83. The van der Waals surface area contributed by atoms with Crippen LogP contribution >= 0.6 is 0 Å². The quantitative estimate of drug-likeness (QED) is 0.764. The van der Waals surface area contributed by atoms with E-state index in [1.807, 2.05) is 37.3 Å². The summed E-state index contributed by atoms with van der Waals surface area (Å²) in [5.41, 5.74) is 6.28. The summed E-state index contributed by atoms with van der Waals surface area (Å²) in [7, 11) is 2.82. The molecule has 2 N–H and O–H groups in total. The second-order valence-electron chi connectivity index (χ2n) is 3.57. The average molecular weight is 223 g/mol. The number of rotatable bonds is 5. The molecule has 1 amide bonds. The summed E-state index contributed by atoms with van der Waals surface area (Å²) < 4.78 is 10.3. The Balaban J connectivity index is 3.10. The molecule has 0 bridgehead atoms. The van der Waals surface area contributed by atoms with Gasteiger partial charge in [-0.3, -0.25) is 4.79 Å². The molecule has 88 valence electrons. The summed E-state index contributed by atoms with van der Waals surface area (Å²) in [6.07, 6.45) is 0. The standard InChI is InChI=1S/C12H17NO3/c1-9(10-7-5-4-6-8-10)12(15-2,16-3)11(13)14/h4-9H,1-3H3,(H2,13,14). The van der Waals surface area contributed by atoms with E-state index in [9.17, 15) is 4.79 Å². The van der Waals surface area contributed by atoms with Crippen LogP contribution in [-0.2, 0) is 14.3 Å². The number of ether oxygens (including phenoxy) is 2. The van der Waals surface area contributed by atoms with Crippen molar-refractivity contribution in [3.8, 4) is 0 Å². The maximum absolute atomic E-state index is 11.5. The van der Waals surface area contributed by atoms with Gasteiger partial charge in [0.1, 0.15) is 0 Å². The first kappa shape index (κ1) is 12.7. The molecular weight excluding hydrogens is 206 g/mol. The van der Waals surface area contributed by atoms with Crippen molar-refractivity contribution in [1.82, 2.24) is 0 Å². The largest absolute Gasteiger partial charge is 0.365 e. The molecule has 0 aliphatic carbocycles. The second kappa shape index (κ2) is 5.09. The predicted molar refractivity (Wildman–Crippen MR) is 60.8 cm³/mol. The van der Waals surface area contributed by atoms with Gasteiger partial charge in [0, 0.05) is 20.1 Å². The van der Waals surface area contributed by atoms with Crippen LogP contribution < -0.4 is 5.73 Å². The van der Waals surface area contributed by atoms with Gasteiger partial charge in [-0.25, -0.2) is 0 Å². The topological polar surface area (TPSA) is 61.6 Å². The summed E-state index contributed by atoms with van der Waals surface area (Å²) in [4.78, 5) is 11.5. The lowest BCUT2D eigenvalue weighted by Crippen LogP contribution is -2.51. The van der Waals surface area contributed by atoms with Crippen molar-refractivity contribution in [1.29, 1.82) is 0 Å². The molecule has 1 rings (SSSR count). The second-order valence-corrected chi connectivity index (χ2v) is 3.57. The van der Waals surface area contributed by atoms with Crippen molar-refractivity contribution in [3.05, 3.63) is 35.9 Å². The molecule has 0 spiro atoms. The lowest BCUT2D eigenvalue weighted by molar-refractivity contribution is -0.215. The minimum Gasteiger partial charge on any atom is -0.365 e. The summed E-state index contributed by atoms with van der Waals surface area (Å²) >= 11 is 0. The summed E-state index contributed by atoms with van der Waals surface area (Å²) in [5, 5.41) is 0. The highest BCUT2D eigenvalue weighted by Gasteiger charge is 2.43. The Labute approximate surface area is 95.3 Å². The molecule has 1 unspecified atom stereocenters. The fourth-order valence-corrected chi connectivity index (χ4v) is 1.81. The number of nitrogens with two attached hydrogens (primary N) is 1. The third-order valence-electron chi connectivity index (χ3n) is 2.82. The number of amides is 1. The normalized spacial score (nSPS) is 13.4. The van der Waals surface area contributed by atoms with Crippen molar-refractivity contribution in [2.24, 2.45) is 5.73 Å². The van der Waals surface area contributed by atoms with E-state index in [1.54, 1.807) is 0 Å². The third-order valence-corrected chi connectivity index (χ3v) is 2.82. The summed E-state index contributed by atoms with van der Waals surface area (Å²) in [5.74, 6) is -2.32. The van der Waals surface area contributed by atoms with E-state index in [-0.39, 0.29) is 5.92 Å². The Kier molecular flexibility index (Phi) is 4.04. The van der Waals surface area contributed by atoms with E-state index < -0.39 is 11.7 Å². The van der Waals surface area contributed by atoms with Crippen LogP contribution in [0, 0.1) is 0 Å². The summed E-state index contributed by atoms with van der Waals surface area (Å²) in [6.45, 7) is 1.84. The van der Waals surface area contributed by atoms with Gasteiger partial charge in [0.2, 0.25) is 0 Å². The molecule has 1 aromatic rings. The molecule has 0 aromatic heterocycles. The van der Waals surface area contributed by atoms with Crippen LogP contribution in [0.3, 0.4) is 0 Å². The van der Waals surface area contributed by atoms with Gasteiger partial charge in [0.15, 0.2) is 0 Å². The van der Waals surface area contributed by atoms with E-state index in [1.165, 1.54) is 14.2 Å². The first-order chi connectivity index (χ1) is 7.58. The van der Waals surface area contributed by atoms with Gasteiger partial charge in [-0.15, -0.1) is 0 Å². The molecule has 4 heteroatoms. The molecular formula is C12H17NO3. The zero-order valence-electron chi connectivity index (χ0n) is 9.77. The van der Waals surface area contributed by atoms with Gasteiger partial charge in [-0.05, 0) is 5.56 Å². The number of carbonyl (C=O) groups excluding carboxylic acids is 1. The van der Waals surface area contributed by atoms with Crippen LogP contribution in [0.5, 0.6) is 0 Å². The predicted octanol–water partition coefficient (Wildman–Crippen LogP) is 1.26. The monoisotopic (exact) mass is 223 g/mol. The molecule has 0 aliphatic heterocycles. The molecule has 4 nitrogen and oxygen atoms in total. The molecule has 16 heavy (non-hydrogen) atoms. The van der Waals surface area contributed by atoms with Crippen LogP contribution in [0.2, 0.25) is 0 Å². The van der Waals surface area contributed by atoms with Crippen LogP contribution in [-0.4, -0.2) is 25.9 Å². The Morgan fingerprint density at radius 3 is 2.12 bits per heavy atom. The fourth-order valence-electron chi connectivity index (χ4n) is 1.81. The van der Waals surface area contributed by atoms with Gasteiger partial charge < -0.3 is 15.2 Å². The highest BCUT2D eigenvalue weighted by Crippen LogP contribution is 2.31. The zero-order chi connectivity index (χ0) is 12.2. The molecule has 0 radical (unpaired) electrons. The number of hydrogen-bond acceptors (Lipinski definition) is 3. The number of carbonyl (C=O) groups is 1. The minimum absolute atomic E-state index is 0.277. The molecule has 0 fully saturated rings. The first-order valence-corrected chi connectivity index (χ1v) is 5.03. The smallest absolute Gasteiger partial charge is 0.278 e. The Morgan fingerprint density at radius 1 is 1.25 bits per heavy atom. The number of benzene rings is 1. The van der Waals surface area contributed by atoms with Gasteiger partial charge in [-0.2, -0.15) is 0 Å². The molecule has 1 aromatic carbocycles. The number of methoxy groups -OCH3 is 2. The fraction of sp³-hybridized carbons (Fsp3) is 0.417. The van der Waals surface area contributed by atoms with Gasteiger partial charge >= 0.3 is 0 Å². The van der Waals surface area contributed by atoms with Crippen molar-refractivity contribution in [2.75, 3.05) is 14.2 Å². The molecule has 1 atom stereocenters. The van der Waals surface area contributed by atoms with Crippen LogP contribution in [0.15, 0.2) is 30.3 Å². The van der Waals surface area contributed by atoms with Crippen molar-refractivity contribution in [2.45, 2.75) is 18.6 Å². The first-order valence-electron chi connectivity index (χ1n) is 5.03. The molecule has 0 saturated heterocycles. The van der Waals surface area contributed by atoms with Crippen LogP contribution in [0.25, 0.3) is 0 Å². The molecule has 0 aliphatic rings. The average Bonchev–Trinajstić information content (AvgIpc) is 2.32. The van der Waals surface area contributed by atoms with Crippen molar-refractivity contribution >= 4 is 5.91 Å². The third kappa shape index (κ3) is 2.08. The van der Waals surface area contributed by atoms with Gasteiger partial charge in [0.25, 0.3) is 11.7 Å². The summed E-state index contributed by atoms with van der Waals surface area (Å²) in [6, 6.07) is 9.49. The number of primary amides is 1. The molecule has 0 saturated carbocycles. The van der Waals surface area contributed by atoms with Crippen LogP contribution in [0.1, 0.15) is 18.4 Å². The van der Waals surface area contributed by atoms with E-state index >= 15 is 0 Å². The number of hydrogen-bond donors (Lipinski definition) is 1. The van der Waals surface area contributed by atoms with Crippen molar-refractivity contribution in [3.63, 3.8) is 0 Å². The lowest BCUT2D eigenvalue weighted by atomic mass is 9.91. The van der Waals surface area contributed by atoms with Crippen molar-refractivity contribution < 1.29 is 14.3 Å². The Bertz CT molecular complexity index is 347.